The minimum Gasteiger partial charge on any atom is -0.323 e. The lowest BCUT2D eigenvalue weighted by atomic mass is 10.0. The zero-order valence-corrected chi connectivity index (χ0v) is 12.5. The monoisotopic (exact) mass is 322 g/mol. The second kappa shape index (κ2) is 6.36. The number of benzene rings is 1. The third kappa shape index (κ3) is 3.57. The van der Waals surface area contributed by atoms with E-state index >= 15 is 0 Å². The van der Waals surface area contributed by atoms with E-state index in [9.17, 15) is 0 Å². The minimum absolute atomic E-state index is 0.0432. The predicted molar refractivity (Wildman–Crippen MR) is 80.8 cm³/mol. The van der Waals surface area contributed by atoms with Crippen LogP contribution in [0.25, 0.3) is 0 Å². The first-order valence-electron chi connectivity index (χ1n) is 5.72. The van der Waals surface area contributed by atoms with E-state index in [-0.39, 0.29) is 6.04 Å². The van der Waals surface area contributed by atoms with Gasteiger partial charge in [-0.3, -0.25) is 0 Å². The van der Waals surface area contributed by atoms with Gasteiger partial charge >= 0.3 is 0 Å². The number of nitrogens with two attached hydrogens (primary N) is 1. The molecule has 1 heterocycles. The van der Waals surface area contributed by atoms with Gasteiger partial charge in [0.1, 0.15) is 0 Å². The second-order valence-electron chi connectivity index (χ2n) is 4.09. The number of thioether (sulfide) groups is 1. The van der Waals surface area contributed by atoms with E-state index in [4.69, 9.17) is 5.73 Å². The highest BCUT2D eigenvalue weighted by molar-refractivity contribution is 9.10. The zero-order chi connectivity index (χ0) is 13.0. The van der Waals surface area contributed by atoms with Crippen LogP contribution in [0.2, 0.25) is 0 Å². The SMILES string of the molecule is Cc1ccccc1C(N)CSc1ccc(Br)cn1. The number of rotatable bonds is 4. The molecule has 1 aromatic carbocycles. The maximum absolute atomic E-state index is 6.22. The Kier molecular flexibility index (Phi) is 4.80. The van der Waals surface area contributed by atoms with Crippen LogP contribution in [0.5, 0.6) is 0 Å². The van der Waals surface area contributed by atoms with E-state index in [1.54, 1.807) is 11.8 Å². The Morgan fingerprint density at radius 3 is 2.72 bits per heavy atom. The Balaban J connectivity index is 1.98. The molecule has 1 atom stereocenters. The van der Waals surface area contributed by atoms with Crippen molar-refractivity contribution in [3.63, 3.8) is 0 Å². The molecule has 18 heavy (non-hydrogen) atoms. The molecule has 0 aliphatic carbocycles. The van der Waals surface area contributed by atoms with Crippen LogP contribution in [-0.4, -0.2) is 10.7 Å². The summed E-state index contributed by atoms with van der Waals surface area (Å²) in [4.78, 5) is 4.33. The summed E-state index contributed by atoms with van der Waals surface area (Å²) in [5.74, 6) is 0.833. The molecule has 2 rings (SSSR count). The van der Waals surface area contributed by atoms with E-state index in [1.165, 1.54) is 11.1 Å². The molecule has 94 valence electrons. The van der Waals surface area contributed by atoms with Gasteiger partial charge in [0.25, 0.3) is 0 Å². The van der Waals surface area contributed by atoms with Crippen molar-refractivity contribution >= 4 is 27.7 Å². The molecule has 0 saturated heterocycles. The number of halogens is 1. The maximum atomic E-state index is 6.22. The van der Waals surface area contributed by atoms with E-state index in [0.29, 0.717) is 0 Å². The molecule has 0 bridgehead atoms. The first-order valence-corrected chi connectivity index (χ1v) is 7.50. The van der Waals surface area contributed by atoms with Gasteiger partial charge in [-0.15, -0.1) is 11.8 Å². The molecule has 0 radical (unpaired) electrons. The van der Waals surface area contributed by atoms with Crippen LogP contribution in [-0.2, 0) is 0 Å². The summed E-state index contributed by atoms with van der Waals surface area (Å²) in [5.41, 5.74) is 8.67. The smallest absolute Gasteiger partial charge is 0.0961 e. The van der Waals surface area contributed by atoms with Crippen molar-refractivity contribution < 1.29 is 0 Å². The molecule has 2 N–H and O–H groups in total. The zero-order valence-electron chi connectivity index (χ0n) is 10.1. The standard InChI is InChI=1S/C14H15BrN2S/c1-10-4-2-3-5-12(10)13(16)9-18-14-7-6-11(15)8-17-14/h2-8,13H,9,16H2,1H3. The van der Waals surface area contributed by atoms with Crippen LogP contribution in [0.15, 0.2) is 52.1 Å². The lowest BCUT2D eigenvalue weighted by Crippen LogP contribution is -2.14. The van der Waals surface area contributed by atoms with Gasteiger partial charge in [-0.1, -0.05) is 24.3 Å². The van der Waals surface area contributed by atoms with Crippen LogP contribution in [0.4, 0.5) is 0 Å². The average Bonchev–Trinajstić information content (AvgIpc) is 2.38. The summed E-state index contributed by atoms with van der Waals surface area (Å²) >= 11 is 5.06. The first kappa shape index (κ1) is 13.6. The number of nitrogens with zero attached hydrogens (tertiary/aromatic N) is 1. The van der Waals surface area contributed by atoms with Gasteiger partial charge in [-0.25, -0.2) is 4.98 Å². The highest BCUT2D eigenvalue weighted by Gasteiger charge is 2.09. The molecule has 0 fully saturated rings. The van der Waals surface area contributed by atoms with Gasteiger partial charge in [0, 0.05) is 22.5 Å². The Morgan fingerprint density at radius 1 is 1.28 bits per heavy atom. The fourth-order valence-electron chi connectivity index (χ4n) is 1.72. The third-order valence-electron chi connectivity index (χ3n) is 2.70. The topological polar surface area (TPSA) is 38.9 Å². The molecule has 1 unspecified atom stereocenters. The summed E-state index contributed by atoms with van der Waals surface area (Å²) in [6.07, 6.45) is 1.81. The second-order valence-corrected chi connectivity index (χ2v) is 6.04. The number of aryl methyl sites for hydroxylation is 1. The molecule has 0 saturated carbocycles. The summed E-state index contributed by atoms with van der Waals surface area (Å²) in [5, 5.41) is 1.00. The highest BCUT2D eigenvalue weighted by Crippen LogP contribution is 2.24. The Bertz CT molecular complexity index is 513. The molecule has 0 spiro atoms. The third-order valence-corrected chi connectivity index (χ3v) is 4.23. The van der Waals surface area contributed by atoms with Crippen molar-refractivity contribution in [2.75, 3.05) is 5.75 Å². The lowest BCUT2D eigenvalue weighted by Gasteiger charge is -2.13. The van der Waals surface area contributed by atoms with Gasteiger partial charge in [-0.2, -0.15) is 0 Å². The van der Waals surface area contributed by atoms with Crippen molar-refractivity contribution in [2.24, 2.45) is 5.73 Å². The van der Waals surface area contributed by atoms with Crippen LogP contribution >= 0.6 is 27.7 Å². The van der Waals surface area contributed by atoms with Crippen LogP contribution in [0.1, 0.15) is 17.2 Å². The Hall–Kier alpha value is -0.840. The molecular formula is C14H15BrN2S. The maximum Gasteiger partial charge on any atom is 0.0961 e. The van der Waals surface area contributed by atoms with E-state index in [2.05, 4.69) is 40.0 Å². The van der Waals surface area contributed by atoms with Gasteiger partial charge in [-0.05, 0) is 46.1 Å². The van der Waals surface area contributed by atoms with Crippen LogP contribution < -0.4 is 5.73 Å². The van der Waals surface area contributed by atoms with E-state index in [1.807, 2.05) is 30.5 Å². The largest absolute Gasteiger partial charge is 0.323 e. The average molecular weight is 323 g/mol. The molecule has 1 aromatic heterocycles. The molecule has 0 amide bonds. The summed E-state index contributed by atoms with van der Waals surface area (Å²) in [6, 6.07) is 12.3. The van der Waals surface area contributed by atoms with Gasteiger partial charge in [0.05, 0.1) is 5.03 Å². The fourth-order valence-corrected chi connectivity index (χ4v) is 2.77. The lowest BCUT2D eigenvalue weighted by molar-refractivity contribution is 0.821. The number of pyridine rings is 1. The molecule has 0 aliphatic heterocycles. The van der Waals surface area contributed by atoms with E-state index < -0.39 is 0 Å². The van der Waals surface area contributed by atoms with Gasteiger partial charge in [0.15, 0.2) is 0 Å². The Morgan fingerprint density at radius 2 is 2.06 bits per heavy atom. The Labute approximate surface area is 120 Å². The van der Waals surface area contributed by atoms with Crippen molar-refractivity contribution in [3.05, 3.63) is 58.2 Å². The number of aromatic nitrogens is 1. The van der Waals surface area contributed by atoms with Crippen molar-refractivity contribution in [3.8, 4) is 0 Å². The molecule has 0 aliphatic rings. The van der Waals surface area contributed by atoms with Crippen molar-refractivity contribution in [2.45, 2.75) is 18.0 Å². The highest BCUT2D eigenvalue weighted by atomic mass is 79.9. The molecule has 2 nitrogen and oxygen atoms in total. The molecule has 2 aromatic rings. The van der Waals surface area contributed by atoms with Crippen molar-refractivity contribution in [1.29, 1.82) is 0 Å². The number of hydrogen-bond acceptors (Lipinski definition) is 3. The summed E-state index contributed by atoms with van der Waals surface area (Å²) in [7, 11) is 0. The molecular weight excluding hydrogens is 308 g/mol. The van der Waals surface area contributed by atoms with E-state index in [0.717, 1.165) is 15.3 Å². The first-order chi connectivity index (χ1) is 8.66. The predicted octanol–water partition coefficient (Wildman–Crippen LogP) is 3.94. The van der Waals surface area contributed by atoms with Crippen LogP contribution in [0, 0.1) is 6.92 Å². The fraction of sp³-hybridized carbons (Fsp3) is 0.214. The van der Waals surface area contributed by atoms with Gasteiger partial charge < -0.3 is 5.73 Å². The number of hydrogen-bond donors (Lipinski definition) is 1. The van der Waals surface area contributed by atoms with Gasteiger partial charge in [0.2, 0.25) is 0 Å². The molecule has 4 heteroatoms. The summed E-state index contributed by atoms with van der Waals surface area (Å²) in [6.45, 7) is 2.09. The normalized spacial score (nSPS) is 12.4. The quantitative estimate of drug-likeness (QED) is 0.866. The minimum atomic E-state index is 0.0432. The van der Waals surface area contributed by atoms with Crippen molar-refractivity contribution in [1.82, 2.24) is 4.98 Å². The van der Waals surface area contributed by atoms with Crippen LogP contribution in [0.3, 0.4) is 0 Å². The summed E-state index contributed by atoms with van der Waals surface area (Å²) < 4.78 is 0.995.